The van der Waals surface area contributed by atoms with Gasteiger partial charge in [-0.2, -0.15) is 0 Å². The number of hydrogen-bond donors (Lipinski definition) is 3. The molecule has 1 aliphatic rings. The first-order valence-electron chi connectivity index (χ1n) is 11.7. The second kappa shape index (κ2) is 13.0. The summed E-state index contributed by atoms with van der Waals surface area (Å²) in [5.41, 5.74) is 6.32. The molecule has 6 nitrogen and oxygen atoms in total. The van der Waals surface area contributed by atoms with Crippen molar-refractivity contribution < 1.29 is 14.7 Å². The number of carbonyl (C=O) groups excluding carboxylic acids is 2. The van der Waals surface area contributed by atoms with E-state index in [1.165, 1.54) is 0 Å². The minimum atomic E-state index is -1.20. The average Bonchev–Trinajstić information content (AvgIpc) is 2.82. The first-order chi connectivity index (χ1) is 15.9. The monoisotopic (exact) mass is 451 g/mol. The Kier molecular flexibility index (Phi) is 10.4. The molecule has 33 heavy (non-hydrogen) atoms. The highest BCUT2D eigenvalue weighted by Gasteiger charge is 2.47. The van der Waals surface area contributed by atoms with Gasteiger partial charge in [0.25, 0.3) is 0 Å². The molecule has 0 saturated heterocycles. The zero-order chi connectivity index (χ0) is 24.3. The van der Waals surface area contributed by atoms with E-state index in [0.717, 1.165) is 18.4 Å². The summed E-state index contributed by atoms with van der Waals surface area (Å²) in [6, 6.07) is 9.68. The summed E-state index contributed by atoms with van der Waals surface area (Å²) in [6.07, 6.45) is 12.0. The Balaban J connectivity index is 2.41. The lowest BCUT2D eigenvalue weighted by Gasteiger charge is -2.41. The maximum atomic E-state index is 13.3. The van der Waals surface area contributed by atoms with Crippen LogP contribution in [0.2, 0.25) is 0 Å². The van der Waals surface area contributed by atoms with Crippen LogP contribution in [0.15, 0.2) is 54.1 Å². The third-order valence-corrected chi connectivity index (χ3v) is 6.19. The molecule has 2 rings (SSSR count). The normalized spacial score (nSPS) is 19.3. The van der Waals surface area contributed by atoms with Crippen LogP contribution in [0, 0.1) is 23.7 Å². The number of terminal acetylenes is 1. The predicted molar refractivity (Wildman–Crippen MR) is 132 cm³/mol. The average molecular weight is 452 g/mol. The van der Waals surface area contributed by atoms with Gasteiger partial charge < -0.3 is 21.1 Å². The number of nitrogens with one attached hydrogen (secondary N) is 1. The highest BCUT2D eigenvalue weighted by Crippen LogP contribution is 2.42. The molecular weight excluding hydrogens is 414 g/mol. The van der Waals surface area contributed by atoms with Crippen molar-refractivity contribution in [3.05, 3.63) is 59.7 Å². The van der Waals surface area contributed by atoms with Gasteiger partial charge in [-0.05, 0) is 31.2 Å². The lowest BCUT2D eigenvalue weighted by Crippen LogP contribution is -2.51. The smallest absolute Gasteiger partial charge is 0.249 e. The molecule has 0 bridgehead atoms. The predicted octanol–water partition coefficient (Wildman–Crippen LogP) is 2.44. The molecule has 0 heterocycles. The van der Waals surface area contributed by atoms with Gasteiger partial charge >= 0.3 is 0 Å². The van der Waals surface area contributed by atoms with E-state index in [-0.39, 0.29) is 18.9 Å². The summed E-state index contributed by atoms with van der Waals surface area (Å²) in [4.78, 5) is 28.1. The van der Waals surface area contributed by atoms with Crippen molar-refractivity contribution in [2.75, 3.05) is 26.2 Å². The Morgan fingerprint density at radius 2 is 1.91 bits per heavy atom. The molecule has 4 N–H and O–H groups in total. The van der Waals surface area contributed by atoms with Crippen molar-refractivity contribution >= 4 is 11.8 Å². The maximum absolute atomic E-state index is 13.3. The second-order valence-electron chi connectivity index (χ2n) is 8.62. The van der Waals surface area contributed by atoms with Crippen LogP contribution < -0.4 is 11.1 Å². The molecule has 1 aliphatic carbocycles. The zero-order valence-corrected chi connectivity index (χ0v) is 19.8. The number of aliphatic hydroxyl groups excluding tert-OH is 1. The fraction of sp³-hybridized carbons (Fsp3) is 0.481. The van der Waals surface area contributed by atoms with Gasteiger partial charge in [-0.25, -0.2) is 0 Å². The molecule has 0 aromatic heterocycles. The maximum Gasteiger partial charge on any atom is 0.249 e. The van der Waals surface area contributed by atoms with E-state index >= 15 is 0 Å². The standard InChI is InChI=1S/C27H37N3O3/c1-4-15-29-20-24(31)23(18-21-11-8-7-9-12-21)27(26(28)33)14-10-13-22(19-27)25(32)30(16-5-2)17-6-3/h1,7-14,23-24,29,31H,5-6,15-20H2,2-3H3,(H2,28,33)/t23-,24+,27?/m1/s1. The highest BCUT2D eigenvalue weighted by atomic mass is 16.3. The fourth-order valence-electron chi connectivity index (χ4n) is 4.54. The molecule has 0 fully saturated rings. The first-order valence-corrected chi connectivity index (χ1v) is 11.7. The van der Waals surface area contributed by atoms with Gasteiger partial charge in [0.15, 0.2) is 0 Å². The molecule has 0 spiro atoms. The van der Waals surface area contributed by atoms with Crippen LogP contribution in [0.3, 0.4) is 0 Å². The van der Waals surface area contributed by atoms with Crippen LogP contribution in [-0.4, -0.2) is 54.1 Å². The highest BCUT2D eigenvalue weighted by molar-refractivity contribution is 5.96. The van der Waals surface area contributed by atoms with Gasteiger partial charge in [-0.3, -0.25) is 9.59 Å². The van der Waals surface area contributed by atoms with Crippen molar-refractivity contribution in [1.82, 2.24) is 10.2 Å². The van der Waals surface area contributed by atoms with E-state index in [0.29, 0.717) is 31.6 Å². The SMILES string of the molecule is C#CCNC[C@H](O)[C@@H](Cc1ccccc1)C1(C(N)=O)C=CC=C(C(=O)N(CCC)CCC)C1. The molecule has 0 aliphatic heterocycles. The number of allylic oxidation sites excluding steroid dienone is 2. The summed E-state index contributed by atoms with van der Waals surface area (Å²) in [7, 11) is 0. The Labute approximate surface area is 197 Å². The molecule has 1 unspecified atom stereocenters. The fourth-order valence-corrected chi connectivity index (χ4v) is 4.54. The number of primary amides is 1. The quantitative estimate of drug-likeness (QED) is 0.317. The van der Waals surface area contributed by atoms with Crippen molar-refractivity contribution in [3.63, 3.8) is 0 Å². The second-order valence-corrected chi connectivity index (χ2v) is 8.62. The molecule has 1 aromatic rings. The van der Waals surface area contributed by atoms with Gasteiger partial charge in [0.05, 0.1) is 18.1 Å². The van der Waals surface area contributed by atoms with Crippen LogP contribution in [0.4, 0.5) is 0 Å². The third kappa shape index (κ3) is 6.80. The summed E-state index contributed by atoms with van der Waals surface area (Å²) in [6.45, 7) is 5.91. The summed E-state index contributed by atoms with van der Waals surface area (Å²) >= 11 is 0. The molecule has 0 saturated carbocycles. The summed E-state index contributed by atoms with van der Waals surface area (Å²) < 4.78 is 0. The van der Waals surface area contributed by atoms with E-state index in [4.69, 9.17) is 12.2 Å². The molecule has 1 aromatic carbocycles. The van der Waals surface area contributed by atoms with Gasteiger partial charge in [-0.1, -0.05) is 68.3 Å². The Hall–Kier alpha value is -2.88. The van der Waals surface area contributed by atoms with E-state index in [1.807, 2.05) is 49.1 Å². The van der Waals surface area contributed by atoms with Crippen LogP contribution >= 0.6 is 0 Å². The molecule has 6 heteroatoms. The molecule has 2 amide bonds. The number of rotatable bonds is 13. The van der Waals surface area contributed by atoms with Crippen molar-refractivity contribution in [3.8, 4) is 12.3 Å². The molecule has 0 radical (unpaired) electrons. The minimum Gasteiger partial charge on any atom is -0.391 e. The van der Waals surface area contributed by atoms with E-state index in [9.17, 15) is 14.7 Å². The lowest BCUT2D eigenvalue weighted by molar-refractivity contribution is -0.132. The molecule has 178 valence electrons. The topological polar surface area (TPSA) is 95.7 Å². The summed E-state index contributed by atoms with van der Waals surface area (Å²) in [5, 5.41) is 14.2. The van der Waals surface area contributed by atoms with Gasteiger partial charge in [0.2, 0.25) is 11.8 Å². The van der Waals surface area contributed by atoms with Crippen LogP contribution in [0.25, 0.3) is 0 Å². The third-order valence-electron chi connectivity index (χ3n) is 6.19. The van der Waals surface area contributed by atoms with Crippen LogP contribution in [0.5, 0.6) is 0 Å². The number of amides is 2. The Bertz CT molecular complexity index is 882. The van der Waals surface area contributed by atoms with Gasteiger partial charge in [-0.15, -0.1) is 6.42 Å². The van der Waals surface area contributed by atoms with E-state index < -0.39 is 23.3 Å². The van der Waals surface area contributed by atoms with Gasteiger partial charge in [0.1, 0.15) is 0 Å². The van der Waals surface area contributed by atoms with Crippen LogP contribution in [-0.2, 0) is 16.0 Å². The first kappa shape index (κ1) is 26.4. The summed E-state index contributed by atoms with van der Waals surface area (Å²) in [5.74, 6) is 1.33. The van der Waals surface area contributed by atoms with Crippen molar-refractivity contribution in [2.45, 2.75) is 45.6 Å². The van der Waals surface area contributed by atoms with Crippen LogP contribution in [0.1, 0.15) is 38.7 Å². The Morgan fingerprint density at radius 1 is 1.24 bits per heavy atom. The van der Waals surface area contributed by atoms with E-state index in [1.54, 1.807) is 18.2 Å². The number of nitrogens with two attached hydrogens (primary N) is 1. The van der Waals surface area contributed by atoms with Crippen molar-refractivity contribution in [1.29, 1.82) is 0 Å². The lowest BCUT2D eigenvalue weighted by atomic mass is 9.64. The van der Waals surface area contributed by atoms with Gasteiger partial charge in [0, 0.05) is 31.1 Å². The molecule has 3 atom stereocenters. The number of aliphatic hydroxyl groups is 1. The van der Waals surface area contributed by atoms with Crippen molar-refractivity contribution in [2.24, 2.45) is 17.1 Å². The molecular formula is C27H37N3O3. The number of nitrogens with zero attached hydrogens (tertiary/aromatic N) is 1. The number of carbonyl (C=O) groups is 2. The minimum absolute atomic E-state index is 0.0768. The number of benzene rings is 1. The zero-order valence-electron chi connectivity index (χ0n) is 19.8. The largest absolute Gasteiger partial charge is 0.391 e. The van der Waals surface area contributed by atoms with E-state index in [2.05, 4.69) is 11.2 Å². The number of hydrogen-bond acceptors (Lipinski definition) is 4. The Morgan fingerprint density at radius 3 is 2.48 bits per heavy atom.